The summed E-state index contributed by atoms with van der Waals surface area (Å²) in [5, 5.41) is 7.91. The average Bonchev–Trinajstić information content (AvgIpc) is 3.24. The second-order valence-corrected chi connectivity index (χ2v) is 5.70. The Morgan fingerprint density at radius 2 is 2.04 bits per heavy atom. The number of rotatable bonds is 5. The first-order chi connectivity index (χ1) is 12.0. The fourth-order valence-electron chi connectivity index (χ4n) is 2.50. The number of amides is 1. The van der Waals surface area contributed by atoms with Gasteiger partial charge in [0.25, 0.3) is 5.91 Å². The van der Waals surface area contributed by atoms with Crippen molar-refractivity contribution in [1.82, 2.24) is 24.5 Å². The average molecular weight is 345 g/mol. The molecule has 3 aromatic rings. The molecular formula is C17H17F2N5O. The van der Waals surface area contributed by atoms with Gasteiger partial charge in [-0.3, -0.25) is 4.79 Å². The van der Waals surface area contributed by atoms with Crippen LogP contribution in [0.1, 0.15) is 28.2 Å². The Morgan fingerprint density at radius 3 is 2.72 bits per heavy atom. The largest absolute Gasteiger partial charge is 0.336 e. The van der Waals surface area contributed by atoms with E-state index in [4.69, 9.17) is 0 Å². The van der Waals surface area contributed by atoms with Crippen LogP contribution in [0.4, 0.5) is 8.78 Å². The Morgan fingerprint density at radius 1 is 1.28 bits per heavy atom. The number of carbonyl (C=O) groups excluding carboxylic acids is 1. The van der Waals surface area contributed by atoms with E-state index in [-0.39, 0.29) is 5.69 Å². The smallest absolute Gasteiger partial charge is 0.333 e. The second-order valence-electron chi connectivity index (χ2n) is 5.70. The molecule has 2 aromatic heterocycles. The van der Waals surface area contributed by atoms with E-state index in [0.29, 0.717) is 11.2 Å². The van der Waals surface area contributed by atoms with Crippen molar-refractivity contribution >= 4 is 5.91 Å². The normalized spacial score (nSPS) is 11.1. The van der Waals surface area contributed by atoms with Gasteiger partial charge in [-0.2, -0.15) is 19.0 Å². The number of hydrogen-bond donors (Lipinski definition) is 0. The summed E-state index contributed by atoms with van der Waals surface area (Å²) in [6.45, 7) is -0.475. The van der Waals surface area contributed by atoms with Crippen molar-refractivity contribution in [3.63, 3.8) is 0 Å². The number of hydrogen-bond acceptors (Lipinski definition) is 3. The van der Waals surface area contributed by atoms with Gasteiger partial charge in [0, 0.05) is 31.5 Å². The van der Waals surface area contributed by atoms with Gasteiger partial charge in [0.05, 0.1) is 11.9 Å². The van der Waals surface area contributed by atoms with E-state index >= 15 is 0 Å². The highest BCUT2D eigenvalue weighted by atomic mass is 19.3. The van der Waals surface area contributed by atoms with Gasteiger partial charge in [-0.05, 0) is 24.6 Å². The summed E-state index contributed by atoms with van der Waals surface area (Å²) in [5.74, 6) is -0.428. The van der Waals surface area contributed by atoms with Crippen LogP contribution in [0.3, 0.4) is 0 Å². The first-order valence-electron chi connectivity index (χ1n) is 7.64. The third-order valence-electron chi connectivity index (χ3n) is 3.79. The molecule has 130 valence electrons. The van der Waals surface area contributed by atoms with Crippen molar-refractivity contribution in [2.24, 2.45) is 0 Å². The topological polar surface area (TPSA) is 56.0 Å². The molecule has 0 saturated heterocycles. The zero-order chi connectivity index (χ0) is 18.0. The van der Waals surface area contributed by atoms with E-state index in [0.717, 1.165) is 23.0 Å². The molecule has 3 rings (SSSR count). The highest BCUT2D eigenvalue weighted by Crippen LogP contribution is 2.15. The number of para-hydroxylation sites is 1. The third kappa shape index (κ3) is 3.57. The maximum atomic E-state index is 12.6. The maximum absolute atomic E-state index is 12.6. The number of nitrogens with zero attached hydrogens (tertiary/aromatic N) is 5. The van der Waals surface area contributed by atoms with Gasteiger partial charge in [-0.1, -0.05) is 18.2 Å². The summed E-state index contributed by atoms with van der Waals surface area (Å²) in [7, 11) is 1.59. The predicted octanol–water partition coefficient (Wildman–Crippen LogP) is 3.04. The van der Waals surface area contributed by atoms with E-state index in [9.17, 15) is 13.6 Å². The van der Waals surface area contributed by atoms with Crippen molar-refractivity contribution in [3.8, 4) is 5.69 Å². The Hall–Kier alpha value is -3.03. The summed E-state index contributed by atoms with van der Waals surface area (Å²) >= 11 is 0. The van der Waals surface area contributed by atoms with Gasteiger partial charge in [-0.15, -0.1) is 0 Å². The molecule has 0 aliphatic heterocycles. The van der Waals surface area contributed by atoms with Gasteiger partial charge in [0.15, 0.2) is 5.69 Å². The molecule has 0 saturated carbocycles. The number of carbonyl (C=O) groups is 1. The summed E-state index contributed by atoms with van der Waals surface area (Å²) in [4.78, 5) is 13.7. The third-order valence-corrected chi connectivity index (χ3v) is 3.79. The quantitative estimate of drug-likeness (QED) is 0.714. The van der Waals surface area contributed by atoms with Crippen LogP contribution in [0.25, 0.3) is 5.69 Å². The molecule has 0 bridgehead atoms. The lowest BCUT2D eigenvalue weighted by Crippen LogP contribution is -2.26. The molecule has 1 amide bonds. The van der Waals surface area contributed by atoms with Gasteiger partial charge >= 0.3 is 6.55 Å². The van der Waals surface area contributed by atoms with Crippen LogP contribution in [-0.4, -0.2) is 37.4 Å². The predicted molar refractivity (Wildman–Crippen MR) is 87.6 cm³/mol. The highest BCUT2D eigenvalue weighted by Gasteiger charge is 2.18. The lowest BCUT2D eigenvalue weighted by Gasteiger charge is -2.14. The van der Waals surface area contributed by atoms with Crippen LogP contribution in [0.15, 0.2) is 48.9 Å². The molecule has 6 nitrogen and oxygen atoms in total. The highest BCUT2D eigenvalue weighted by molar-refractivity contribution is 5.91. The number of alkyl halides is 2. The molecule has 0 aliphatic carbocycles. The van der Waals surface area contributed by atoms with Gasteiger partial charge in [0.2, 0.25) is 0 Å². The Labute approximate surface area is 143 Å². The van der Waals surface area contributed by atoms with Crippen LogP contribution < -0.4 is 0 Å². The molecule has 0 atom stereocenters. The standard InChI is InChI=1S/C17H17F2N5O/c1-12-5-3-4-6-15(12)24-11-13(9-20-24)10-22(2)16(25)14-7-8-23(21-14)17(18)19/h3-9,11,17H,10H2,1-2H3. The number of halogens is 2. The Bertz CT molecular complexity index is 887. The van der Waals surface area contributed by atoms with E-state index < -0.39 is 12.5 Å². The Balaban J connectivity index is 1.72. The zero-order valence-electron chi connectivity index (χ0n) is 13.8. The van der Waals surface area contributed by atoms with Crippen LogP contribution in [-0.2, 0) is 6.54 Å². The van der Waals surface area contributed by atoms with E-state index in [2.05, 4.69) is 10.2 Å². The second kappa shape index (κ2) is 6.84. The van der Waals surface area contributed by atoms with Crippen molar-refractivity contribution in [2.75, 3.05) is 7.05 Å². The maximum Gasteiger partial charge on any atom is 0.333 e. The molecule has 8 heteroatoms. The van der Waals surface area contributed by atoms with Gasteiger partial charge in [-0.25, -0.2) is 9.36 Å². The fourth-order valence-corrected chi connectivity index (χ4v) is 2.50. The van der Waals surface area contributed by atoms with Gasteiger partial charge in [0.1, 0.15) is 0 Å². The molecule has 0 N–H and O–H groups in total. The van der Waals surface area contributed by atoms with E-state index in [1.165, 1.54) is 11.0 Å². The van der Waals surface area contributed by atoms with Gasteiger partial charge < -0.3 is 4.90 Å². The summed E-state index contributed by atoms with van der Waals surface area (Å²) in [6, 6.07) is 9.11. The lowest BCUT2D eigenvalue weighted by atomic mass is 10.2. The van der Waals surface area contributed by atoms with Crippen LogP contribution in [0, 0.1) is 6.92 Å². The Kier molecular flexibility index (Phi) is 4.60. The number of aryl methyl sites for hydroxylation is 1. The van der Waals surface area contributed by atoms with Crippen molar-refractivity contribution in [2.45, 2.75) is 20.0 Å². The minimum atomic E-state index is -2.76. The molecule has 0 unspecified atom stereocenters. The molecule has 2 heterocycles. The first-order valence-corrected chi connectivity index (χ1v) is 7.64. The first kappa shape index (κ1) is 16.8. The van der Waals surface area contributed by atoms with Crippen LogP contribution in [0.2, 0.25) is 0 Å². The van der Waals surface area contributed by atoms with Crippen molar-refractivity contribution in [3.05, 3.63) is 65.7 Å². The summed E-state index contributed by atoms with van der Waals surface area (Å²) < 4.78 is 27.3. The van der Waals surface area contributed by atoms with E-state index in [1.54, 1.807) is 17.9 Å². The molecule has 0 aliphatic rings. The van der Waals surface area contributed by atoms with Crippen molar-refractivity contribution < 1.29 is 13.6 Å². The molecule has 0 spiro atoms. The van der Waals surface area contributed by atoms with Crippen LogP contribution in [0.5, 0.6) is 0 Å². The minimum Gasteiger partial charge on any atom is -0.336 e. The number of aromatic nitrogens is 4. The molecular weight excluding hydrogens is 328 g/mol. The summed E-state index contributed by atoms with van der Waals surface area (Å²) in [6.07, 6.45) is 4.60. The lowest BCUT2D eigenvalue weighted by molar-refractivity contribution is 0.0553. The molecule has 25 heavy (non-hydrogen) atoms. The van der Waals surface area contributed by atoms with E-state index in [1.807, 2.05) is 37.4 Å². The summed E-state index contributed by atoms with van der Waals surface area (Å²) in [5.41, 5.74) is 2.85. The van der Waals surface area contributed by atoms with Crippen LogP contribution >= 0.6 is 0 Å². The molecule has 0 radical (unpaired) electrons. The fraction of sp³-hybridized carbons (Fsp3) is 0.235. The minimum absolute atomic E-state index is 0.0194. The monoisotopic (exact) mass is 345 g/mol. The molecule has 0 fully saturated rings. The zero-order valence-corrected chi connectivity index (χ0v) is 13.8. The SMILES string of the molecule is Cc1ccccc1-n1cc(CN(C)C(=O)c2ccn(C(F)F)n2)cn1. The number of benzene rings is 1. The van der Waals surface area contributed by atoms with Crippen molar-refractivity contribution in [1.29, 1.82) is 0 Å². The molecule has 1 aromatic carbocycles.